The second-order valence-electron chi connectivity index (χ2n) is 6.48. The Hall–Kier alpha value is -3.60. The zero-order valence-corrected chi connectivity index (χ0v) is 16.3. The van der Waals surface area contributed by atoms with E-state index in [1.54, 1.807) is 24.3 Å². The molecule has 0 atom stereocenters. The van der Waals surface area contributed by atoms with Crippen LogP contribution < -0.4 is 15.4 Å². The molecule has 0 spiro atoms. The van der Waals surface area contributed by atoms with Crippen molar-refractivity contribution in [3.05, 3.63) is 96.1 Å². The first kappa shape index (κ1) is 20.1. The van der Waals surface area contributed by atoms with Crippen molar-refractivity contribution in [3.8, 4) is 5.75 Å². The van der Waals surface area contributed by atoms with Crippen LogP contribution in [0.15, 0.2) is 84.9 Å². The monoisotopic (exact) mass is 388 g/mol. The molecule has 0 saturated carbocycles. The molecule has 148 valence electrons. The van der Waals surface area contributed by atoms with Gasteiger partial charge in [-0.05, 0) is 42.3 Å². The smallest absolute Gasteiger partial charge is 0.243 e. The minimum atomic E-state index is -0.476. The van der Waals surface area contributed by atoms with Gasteiger partial charge in [0.15, 0.2) is 0 Å². The van der Waals surface area contributed by atoms with Crippen molar-refractivity contribution >= 4 is 17.5 Å². The van der Waals surface area contributed by atoms with E-state index in [0.717, 1.165) is 16.9 Å². The third-order valence-electron chi connectivity index (χ3n) is 4.40. The minimum absolute atomic E-state index is 0.109. The van der Waals surface area contributed by atoms with Crippen LogP contribution in [0.25, 0.3) is 0 Å². The van der Waals surface area contributed by atoms with Crippen molar-refractivity contribution in [3.63, 3.8) is 0 Å². The maximum Gasteiger partial charge on any atom is 0.243 e. The highest BCUT2D eigenvalue weighted by molar-refractivity contribution is 5.96. The van der Waals surface area contributed by atoms with Gasteiger partial charge >= 0.3 is 0 Å². The van der Waals surface area contributed by atoms with E-state index in [1.165, 1.54) is 0 Å². The summed E-state index contributed by atoms with van der Waals surface area (Å²) < 4.78 is 5.39. The molecular formula is C24H24N2O3. The van der Waals surface area contributed by atoms with E-state index in [-0.39, 0.29) is 18.4 Å². The molecule has 0 radical (unpaired) electrons. The molecule has 3 rings (SSSR count). The van der Waals surface area contributed by atoms with Gasteiger partial charge in [0.2, 0.25) is 11.8 Å². The number of ether oxygens (including phenoxy) is 1. The summed E-state index contributed by atoms with van der Waals surface area (Å²) in [7, 11) is 0. The van der Waals surface area contributed by atoms with Gasteiger partial charge in [-0.3, -0.25) is 9.59 Å². The SMILES string of the molecule is CCOc1ccc(NC(=O)CNC(=O)C(c2ccccc2)c2ccccc2)cc1. The number of anilines is 1. The molecule has 29 heavy (non-hydrogen) atoms. The fraction of sp³-hybridized carbons (Fsp3) is 0.167. The van der Waals surface area contributed by atoms with Gasteiger partial charge in [-0.15, -0.1) is 0 Å². The number of carbonyl (C=O) groups excluding carboxylic acids is 2. The summed E-state index contributed by atoms with van der Waals surface area (Å²) >= 11 is 0. The molecule has 3 aromatic rings. The molecule has 0 aromatic heterocycles. The van der Waals surface area contributed by atoms with Gasteiger partial charge in [0.05, 0.1) is 19.1 Å². The highest BCUT2D eigenvalue weighted by Gasteiger charge is 2.22. The van der Waals surface area contributed by atoms with Gasteiger partial charge in [-0.2, -0.15) is 0 Å². The number of nitrogens with one attached hydrogen (secondary N) is 2. The molecule has 0 unspecified atom stereocenters. The van der Waals surface area contributed by atoms with E-state index in [1.807, 2.05) is 67.6 Å². The van der Waals surface area contributed by atoms with Crippen molar-refractivity contribution in [2.75, 3.05) is 18.5 Å². The Bertz CT molecular complexity index is 886. The van der Waals surface area contributed by atoms with Crippen molar-refractivity contribution in [1.29, 1.82) is 0 Å². The second-order valence-corrected chi connectivity index (χ2v) is 6.48. The van der Waals surface area contributed by atoms with E-state index in [9.17, 15) is 9.59 Å². The average molecular weight is 388 g/mol. The van der Waals surface area contributed by atoms with Crippen LogP contribution in [0.3, 0.4) is 0 Å². The summed E-state index contributed by atoms with van der Waals surface area (Å²) in [6.45, 7) is 2.39. The van der Waals surface area contributed by atoms with E-state index in [0.29, 0.717) is 12.3 Å². The summed E-state index contributed by atoms with van der Waals surface area (Å²) in [6.07, 6.45) is 0. The topological polar surface area (TPSA) is 67.4 Å². The molecule has 5 heteroatoms. The highest BCUT2D eigenvalue weighted by atomic mass is 16.5. The van der Waals surface area contributed by atoms with Gasteiger partial charge in [0.1, 0.15) is 5.75 Å². The Balaban J connectivity index is 1.63. The summed E-state index contributed by atoms with van der Waals surface area (Å²) in [4.78, 5) is 25.2. The number of carbonyl (C=O) groups is 2. The first-order chi connectivity index (χ1) is 14.2. The predicted octanol–water partition coefficient (Wildman–Crippen LogP) is 3.97. The number of benzene rings is 3. The van der Waals surface area contributed by atoms with Gasteiger partial charge < -0.3 is 15.4 Å². The van der Waals surface area contributed by atoms with Crippen LogP contribution in [0.1, 0.15) is 24.0 Å². The summed E-state index contributed by atoms with van der Waals surface area (Å²) in [5.74, 6) is -0.241. The maximum absolute atomic E-state index is 12.9. The minimum Gasteiger partial charge on any atom is -0.494 e. The average Bonchev–Trinajstić information content (AvgIpc) is 2.76. The Morgan fingerprint density at radius 3 is 1.90 bits per heavy atom. The van der Waals surface area contributed by atoms with Gasteiger partial charge in [-0.25, -0.2) is 0 Å². The molecule has 2 N–H and O–H groups in total. The summed E-state index contributed by atoms with van der Waals surface area (Å²) in [6, 6.07) is 26.2. The summed E-state index contributed by atoms with van der Waals surface area (Å²) in [5.41, 5.74) is 2.40. The van der Waals surface area contributed by atoms with Gasteiger partial charge in [-0.1, -0.05) is 60.7 Å². The lowest BCUT2D eigenvalue weighted by Crippen LogP contribution is -2.36. The second kappa shape index (κ2) is 10.1. The molecule has 0 aliphatic rings. The van der Waals surface area contributed by atoms with Crippen molar-refractivity contribution in [2.45, 2.75) is 12.8 Å². The first-order valence-electron chi connectivity index (χ1n) is 9.57. The van der Waals surface area contributed by atoms with Crippen LogP contribution in [0.4, 0.5) is 5.69 Å². The highest BCUT2D eigenvalue weighted by Crippen LogP contribution is 2.24. The Labute approximate surface area is 170 Å². The molecule has 0 bridgehead atoms. The number of amides is 2. The zero-order valence-electron chi connectivity index (χ0n) is 16.3. The number of hydrogen-bond acceptors (Lipinski definition) is 3. The van der Waals surface area contributed by atoms with E-state index in [2.05, 4.69) is 10.6 Å². The zero-order chi connectivity index (χ0) is 20.5. The predicted molar refractivity (Wildman–Crippen MR) is 114 cm³/mol. The molecule has 2 amide bonds. The Kier molecular flexibility index (Phi) is 7.00. The van der Waals surface area contributed by atoms with Crippen LogP contribution in [0, 0.1) is 0 Å². The Morgan fingerprint density at radius 2 is 1.38 bits per heavy atom. The van der Waals surface area contributed by atoms with Gasteiger partial charge in [0.25, 0.3) is 0 Å². The normalized spacial score (nSPS) is 10.4. The molecule has 5 nitrogen and oxygen atoms in total. The molecule has 0 fully saturated rings. The van der Waals surface area contributed by atoms with Crippen molar-refractivity contribution in [2.24, 2.45) is 0 Å². The molecule has 0 heterocycles. The lowest BCUT2D eigenvalue weighted by molar-refractivity contribution is -0.124. The number of rotatable bonds is 8. The molecular weight excluding hydrogens is 364 g/mol. The van der Waals surface area contributed by atoms with E-state index in [4.69, 9.17) is 4.74 Å². The van der Waals surface area contributed by atoms with Gasteiger partial charge in [0, 0.05) is 5.69 Å². The Morgan fingerprint density at radius 1 is 0.828 bits per heavy atom. The van der Waals surface area contributed by atoms with E-state index >= 15 is 0 Å². The maximum atomic E-state index is 12.9. The largest absolute Gasteiger partial charge is 0.494 e. The lowest BCUT2D eigenvalue weighted by atomic mass is 9.90. The van der Waals surface area contributed by atoms with E-state index < -0.39 is 5.92 Å². The fourth-order valence-electron chi connectivity index (χ4n) is 3.06. The first-order valence-corrected chi connectivity index (χ1v) is 9.57. The third kappa shape index (κ3) is 5.69. The van der Waals surface area contributed by atoms with Crippen LogP contribution >= 0.6 is 0 Å². The summed E-state index contributed by atoms with van der Waals surface area (Å²) in [5, 5.41) is 5.53. The lowest BCUT2D eigenvalue weighted by Gasteiger charge is -2.18. The molecule has 0 aliphatic heterocycles. The molecule has 3 aromatic carbocycles. The molecule has 0 saturated heterocycles. The van der Waals surface area contributed by atoms with Crippen molar-refractivity contribution < 1.29 is 14.3 Å². The standard InChI is InChI=1S/C24H24N2O3/c1-2-29-21-15-13-20(14-16-21)26-22(27)17-25-24(28)23(18-9-5-3-6-10-18)19-11-7-4-8-12-19/h3-16,23H,2,17H2,1H3,(H,25,28)(H,26,27). The van der Waals surface area contributed by atoms with Crippen LogP contribution in [-0.4, -0.2) is 25.0 Å². The van der Waals surface area contributed by atoms with Crippen LogP contribution in [-0.2, 0) is 9.59 Å². The van der Waals surface area contributed by atoms with Crippen LogP contribution in [0.5, 0.6) is 5.75 Å². The van der Waals surface area contributed by atoms with Crippen molar-refractivity contribution in [1.82, 2.24) is 5.32 Å². The fourth-order valence-corrected chi connectivity index (χ4v) is 3.06. The molecule has 0 aliphatic carbocycles. The third-order valence-corrected chi connectivity index (χ3v) is 4.40. The number of hydrogen-bond donors (Lipinski definition) is 2. The quantitative estimate of drug-likeness (QED) is 0.614. The van der Waals surface area contributed by atoms with Crippen LogP contribution in [0.2, 0.25) is 0 Å².